The summed E-state index contributed by atoms with van der Waals surface area (Å²) in [6, 6.07) is 8.87. The highest BCUT2D eigenvalue weighted by Crippen LogP contribution is 2.49. The number of allylic oxidation sites excluding steroid dienone is 2. The summed E-state index contributed by atoms with van der Waals surface area (Å²) in [5, 5.41) is 9.32. The smallest absolute Gasteiger partial charge is 0.311 e. The highest BCUT2D eigenvalue weighted by molar-refractivity contribution is 5.76. The lowest BCUT2D eigenvalue weighted by Crippen LogP contribution is -2.30. The van der Waals surface area contributed by atoms with Gasteiger partial charge >= 0.3 is 11.9 Å². The molecule has 20 heavy (non-hydrogen) atoms. The number of benzene rings is 1. The van der Waals surface area contributed by atoms with Crippen molar-refractivity contribution in [1.82, 2.24) is 0 Å². The van der Waals surface area contributed by atoms with Gasteiger partial charge in [0.2, 0.25) is 0 Å². The number of fused-ring (bicyclic) bond motifs is 2. The van der Waals surface area contributed by atoms with E-state index >= 15 is 0 Å². The molecule has 4 unspecified atom stereocenters. The number of hydrogen-bond donors (Lipinski definition) is 1. The predicted octanol–water partition coefficient (Wildman–Crippen LogP) is 2.51. The van der Waals surface area contributed by atoms with E-state index < -0.39 is 11.9 Å². The van der Waals surface area contributed by atoms with Crippen molar-refractivity contribution in [3.05, 3.63) is 42.5 Å². The molecule has 0 heterocycles. The van der Waals surface area contributed by atoms with Crippen LogP contribution in [0.4, 0.5) is 0 Å². The van der Waals surface area contributed by atoms with Crippen LogP contribution in [0.5, 0.6) is 5.75 Å². The number of aliphatic carboxylic acids is 1. The highest BCUT2D eigenvalue weighted by Gasteiger charge is 2.49. The van der Waals surface area contributed by atoms with Gasteiger partial charge in [0.25, 0.3) is 0 Å². The summed E-state index contributed by atoms with van der Waals surface area (Å²) >= 11 is 0. The van der Waals surface area contributed by atoms with E-state index in [0.29, 0.717) is 5.75 Å². The molecule has 0 aromatic heterocycles. The average Bonchev–Trinajstić information content (AvgIpc) is 3.00. The Morgan fingerprint density at radius 1 is 1.15 bits per heavy atom. The van der Waals surface area contributed by atoms with Crippen molar-refractivity contribution < 1.29 is 19.4 Å². The molecule has 1 fully saturated rings. The van der Waals surface area contributed by atoms with Crippen LogP contribution in [0.15, 0.2) is 42.5 Å². The number of para-hydroxylation sites is 1. The Kier molecular flexibility index (Phi) is 3.30. The van der Waals surface area contributed by atoms with E-state index in [0.717, 1.165) is 6.42 Å². The normalized spacial score (nSPS) is 30.4. The second-order valence-corrected chi connectivity index (χ2v) is 5.47. The largest absolute Gasteiger partial charge is 0.481 e. The second kappa shape index (κ2) is 5.12. The Balaban J connectivity index is 1.66. The van der Waals surface area contributed by atoms with Crippen LogP contribution in [0, 0.1) is 23.7 Å². The maximum absolute atomic E-state index is 12.0. The standard InChI is InChI=1S/C16H16O4/c17-14(20-12-4-2-1-3-5-12)9-13-10-6-7-11(8-10)15(13)16(18)19/h1-7,10-11,13,15H,8-9H2,(H,18,19). The maximum Gasteiger partial charge on any atom is 0.311 e. The zero-order valence-electron chi connectivity index (χ0n) is 10.9. The van der Waals surface area contributed by atoms with E-state index in [1.54, 1.807) is 24.3 Å². The summed E-state index contributed by atoms with van der Waals surface area (Å²) in [6.45, 7) is 0. The topological polar surface area (TPSA) is 63.6 Å². The lowest BCUT2D eigenvalue weighted by molar-refractivity contribution is -0.145. The number of carboxylic acids is 1. The number of carbonyl (C=O) groups is 2. The quantitative estimate of drug-likeness (QED) is 0.519. The molecule has 1 N–H and O–H groups in total. The number of rotatable bonds is 4. The van der Waals surface area contributed by atoms with Gasteiger partial charge in [-0.1, -0.05) is 30.4 Å². The van der Waals surface area contributed by atoms with Gasteiger partial charge < -0.3 is 9.84 Å². The van der Waals surface area contributed by atoms with Crippen LogP contribution in [0.3, 0.4) is 0 Å². The molecular formula is C16H16O4. The predicted molar refractivity (Wildman–Crippen MR) is 72.0 cm³/mol. The zero-order chi connectivity index (χ0) is 14.1. The maximum atomic E-state index is 12.0. The lowest BCUT2D eigenvalue weighted by atomic mass is 9.81. The minimum absolute atomic E-state index is 0.0759. The Hall–Kier alpha value is -2.10. The van der Waals surface area contributed by atoms with Crippen molar-refractivity contribution in [2.45, 2.75) is 12.8 Å². The van der Waals surface area contributed by atoms with Crippen molar-refractivity contribution in [3.8, 4) is 5.75 Å². The number of esters is 1. The van der Waals surface area contributed by atoms with Crippen LogP contribution in [0.2, 0.25) is 0 Å². The zero-order valence-corrected chi connectivity index (χ0v) is 10.9. The van der Waals surface area contributed by atoms with Crippen molar-refractivity contribution in [2.75, 3.05) is 0 Å². The van der Waals surface area contributed by atoms with Crippen molar-refractivity contribution in [2.24, 2.45) is 23.7 Å². The summed E-state index contributed by atoms with van der Waals surface area (Å²) in [4.78, 5) is 23.3. The minimum Gasteiger partial charge on any atom is -0.481 e. The molecular weight excluding hydrogens is 256 g/mol. The Morgan fingerprint density at radius 3 is 2.55 bits per heavy atom. The van der Waals surface area contributed by atoms with E-state index in [1.165, 1.54) is 0 Å². The van der Waals surface area contributed by atoms with Gasteiger partial charge in [0.05, 0.1) is 12.3 Å². The highest BCUT2D eigenvalue weighted by atomic mass is 16.5. The molecule has 1 aromatic carbocycles. The molecule has 3 rings (SSSR count). The molecule has 104 valence electrons. The molecule has 4 nitrogen and oxygen atoms in total. The number of carbonyl (C=O) groups excluding carboxylic acids is 1. The summed E-state index contributed by atoms with van der Waals surface area (Å²) in [5.41, 5.74) is 0. The molecule has 2 bridgehead atoms. The van der Waals surface area contributed by atoms with Gasteiger partial charge in [-0.15, -0.1) is 0 Å². The van der Waals surface area contributed by atoms with Crippen LogP contribution in [0.25, 0.3) is 0 Å². The Bertz CT molecular complexity index is 549. The van der Waals surface area contributed by atoms with Crippen LogP contribution < -0.4 is 4.74 Å². The summed E-state index contributed by atoms with van der Waals surface area (Å²) < 4.78 is 5.26. The molecule has 0 saturated heterocycles. The van der Waals surface area contributed by atoms with Gasteiger partial charge in [-0.3, -0.25) is 9.59 Å². The second-order valence-electron chi connectivity index (χ2n) is 5.47. The van der Waals surface area contributed by atoms with Crippen LogP contribution in [0.1, 0.15) is 12.8 Å². The van der Waals surface area contributed by atoms with E-state index in [-0.39, 0.29) is 30.1 Å². The fourth-order valence-corrected chi connectivity index (χ4v) is 3.42. The molecule has 0 radical (unpaired) electrons. The summed E-state index contributed by atoms with van der Waals surface area (Å²) in [7, 11) is 0. The Morgan fingerprint density at radius 2 is 1.85 bits per heavy atom. The van der Waals surface area contributed by atoms with Gasteiger partial charge in [-0.2, -0.15) is 0 Å². The minimum atomic E-state index is -0.806. The summed E-state index contributed by atoms with van der Waals surface area (Å²) in [5.74, 6) is -0.973. The van der Waals surface area contributed by atoms with Gasteiger partial charge in [-0.25, -0.2) is 0 Å². The van der Waals surface area contributed by atoms with Crippen molar-refractivity contribution >= 4 is 11.9 Å². The first-order valence-electron chi connectivity index (χ1n) is 6.82. The first-order valence-corrected chi connectivity index (χ1v) is 6.82. The molecule has 2 aliphatic rings. The van der Waals surface area contributed by atoms with Crippen LogP contribution in [-0.2, 0) is 9.59 Å². The molecule has 4 atom stereocenters. The van der Waals surface area contributed by atoms with Gasteiger partial charge in [0, 0.05) is 0 Å². The molecule has 1 saturated carbocycles. The summed E-state index contributed by atoms with van der Waals surface area (Å²) in [6.07, 6.45) is 5.03. The fraction of sp³-hybridized carbons (Fsp3) is 0.375. The number of hydrogen-bond acceptors (Lipinski definition) is 3. The van der Waals surface area contributed by atoms with Crippen LogP contribution >= 0.6 is 0 Å². The molecule has 0 aliphatic heterocycles. The third kappa shape index (κ3) is 2.33. The van der Waals surface area contributed by atoms with Crippen molar-refractivity contribution in [3.63, 3.8) is 0 Å². The molecule has 0 spiro atoms. The SMILES string of the molecule is O=C(CC1C2C=CC(C2)C1C(=O)O)Oc1ccccc1. The first-order chi connectivity index (χ1) is 9.65. The van der Waals surface area contributed by atoms with Gasteiger partial charge in [0.1, 0.15) is 5.75 Å². The van der Waals surface area contributed by atoms with Crippen LogP contribution in [-0.4, -0.2) is 17.0 Å². The number of carboxylic acid groups (broad SMARTS) is 1. The molecule has 0 amide bonds. The first kappa shape index (κ1) is 12.9. The van der Waals surface area contributed by atoms with Gasteiger partial charge in [0.15, 0.2) is 0 Å². The van der Waals surface area contributed by atoms with E-state index in [4.69, 9.17) is 4.74 Å². The van der Waals surface area contributed by atoms with E-state index in [9.17, 15) is 14.7 Å². The average molecular weight is 272 g/mol. The lowest BCUT2D eigenvalue weighted by Gasteiger charge is -2.23. The van der Waals surface area contributed by atoms with E-state index in [2.05, 4.69) is 0 Å². The van der Waals surface area contributed by atoms with E-state index in [1.807, 2.05) is 18.2 Å². The van der Waals surface area contributed by atoms with Gasteiger partial charge in [-0.05, 0) is 36.3 Å². The monoisotopic (exact) mass is 272 g/mol. The molecule has 4 heteroatoms. The van der Waals surface area contributed by atoms with Crippen molar-refractivity contribution in [1.29, 1.82) is 0 Å². The third-order valence-electron chi connectivity index (χ3n) is 4.28. The fourth-order valence-electron chi connectivity index (χ4n) is 3.42. The Labute approximate surface area is 117 Å². The molecule has 1 aromatic rings. The molecule has 2 aliphatic carbocycles. The number of ether oxygens (including phenoxy) is 1. The third-order valence-corrected chi connectivity index (χ3v) is 4.28.